The predicted octanol–water partition coefficient (Wildman–Crippen LogP) is 2.84. The van der Waals surface area contributed by atoms with Gasteiger partial charge in [0.25, 0.3) is 0 Å². The van der Waals surface area contributed by atoms with Crippen LogP contribution in [0.3, 0.4) is 0 Å². The standard InChI is InChI=1S/C13H17N/c1-2-3-10-14-13-9-8-11-6-4-5-7-12(11)13/h2-7,13-14H,8-10H2,1H3/b3-2+. The minimum absolute atomic E-state index is 0.572. The Morgan fingerprint density at radius 2 is 2.29 bits per heavy atom. The fourth-order valence-corrected chi connectivity index (χ4v) is 2.10. The van der Waals surface area contributed by atoms with Crippen LogP contribution in [0.4, 0.5) is 0 Å². The maximum absolute atomic E-state index is 3.55. The molecular formula is C13H17N. The molecule has 0 saturated heterocycles. The van der Waals surface area contributed by atoms with Gasteiger partial charge in [-0.25, -0.2) is 0 Å². The highest BCUT2D eigenvalue weighted by Gasteiger charge is 2.20. The van der Waals surface area contributed by atoms with Crippen LogP contribution in [0.25, 0.3) is 0 Å². The maximum atomic E-state index is 3.55. The lowest BCUT2D eigenvalue weighted by Gasteiger charge is -2.11. The van der Waals surface area contributed by atoms with Crippen molar-refractivity contribution in [1.29, 1.82) is 0 Å². The smallest absolute Gasteiger partial charge is 0.0328 e. The molecule has 1 aromatic rings. The van der Waals surface area contributed by atoms with Crippen molar-refractivity contribution in [3.63, 3.8) is 0 Å². The second-order valence-corrected chi connectivity index (χ2v) is 3.77. The van der Waals surface area contributed by atoms with Gasteiger partial charge in [0.2, 0.25) is 0 Å². The second-order valence-electron chi connectivity index (χ2n) is 3.77. The van der Waals surface area contributed by atoms with Gasteiger partial charge in [0, 0.05) is 12.6 Å². The summed E-state index contributed by atoms with van der Waals surface area (Å²) < 4.78 is 0. The Kier molecular flexibility index (Phi) is 3.00. The van der Waals surface area contributed by atoms with Crippen molar-refractivity contribution in [2.45, 2.75) is 25.8 Å². The molecule has 0 spiro atoms. The number of nitrogens with one attached hydrogen (secondary N) is 1. The van der Waals surface area contributed by atoms with Crippen molar-refractivity contribution in [2.24, 2.45) is 0 Å². The number of benzene rings is 1. The van der Waals surface area contributed by atoms with Gasteiger partial charge < -0.3 is 5.32 Å². The van der Waals surface area contributed by atoms with Crippen LogP contribution in [0.1, 0.15) is 30.5 Å². The van der Waals surface area contributed by atoms with Gasteiger partial charge >= 0.3 is 0 Å². The van der Waals surface area contributed by atoms with Crippen LogP contribution in [0.5, 0.6) is 0 Å². The normalized spacial score (nSPS) is 20.2. The first kappa shape index (κ1) is 9.47. The molecule has 1 atom stereocenters. The molecule has 1 aliphatic carbocycles. The van der Waals surface area contributed by atoms with Gasteiger partial charge in [-0.1, -0.05) is 36.4 Å². The summed E-state index contributed by atoms with van der Waals surface area (Å²) in [5.41, 5.74) is 3.02. The first-order valence-electron chi connectivity index (χ1n) is 5.34. The van der Waals surface area contributed by atoms with Crippen LogP contribution in [0.15, 0.2) is 36.4 Å². The average molecular weight is 187 g/mol. The zero-order valence-corrected chi connectivity index (χ0v) is 8.66. The zero-order valence-electron chi connectivity index (χ0n) is 8.66. The Labute approximate surface area is 85.8 Å². The maximum Gasteiger partial charge on any atom is 0.0328 e. The lowest BCUT2D eigenvalue weighted by Crippen LogP contribution is -2.18. The molecule has 2 rings (SSSR count). The summed E-state index contributed by atoms with van der Waals surface area (Å²) in [6.45, 7) is 3.04. The third-order valence-electron chi connectivity index (χ3n) is 2.85. The highest BCUT2D eigenvalue weighted by molar-refractivity contribution is 5.34. The van der Waals surface area contributed by atoms with Gasteiger partial charge in [0.1, 0.15) is 0 Å². The molecule has 74 valence electrons. The monoisotopic (exact) mass is 187 g/mol. The molecule has 14 heavy (non-hydrogen) atoms. The molecule has 0 fully saturated rings. The van der Waals surface area contributed by atoms with E-state index in [0.29, 0.717) is 6.04 Å². The molecule has 0 saturated carbocycles. The number of hydrogen-bond acceptors (Lipinski definition) is 1. The highest BCUT2D eigenvalue weighted by atomic mass is 14.9. The topological polar surface area (TPSA) is 12.0 Å². The van der Waals surface area contributed by atoms with Crippen LogP contribution in [0.2, 0.25) is 0 Å². The van der Waals surface area contributed by atoms with Crippen LogP contribution in [-0.2, 0) is 6.42 Å². The first-order chi connectivity index (χ1) is 6.92. The third kappa shape index (κ3) is 1.88. The molecule has 0 amide bonds. The number of allylic oxidation sites excluding steroid dienone is 1. The summed E-state index contributed by atoms with van der Waals surface area (Å²) in [5.74, 6) is 0. The summed E-state index contributed by atoms with van der Waals surface area (Å²) in [6.07, 6.45) is 6.73. The Balaban J connectivity index is 2.03. The van der Waals surface area contributed by atoms with Crippen molar-refractivity contribution < 1.29 is 0 Å². The highest BCUT2D eigenvalue weighted by Crippen LogP contribution is 2.30. The largest absolute Gasteiger partial charge is 0.306 e. The summed E-state index contributed by atoms with van der Waals surface area (Å²) in [4.78, 5) is 0. The molecule has 0 aliphatic heterocycles. The van der Waals surface area contributed by atoms with Crippen LogP contribution in [0, 0.1) is 0 Å². The van der Waals surface area contributed by atoms with Gasteiger partial charge in [0.15, 0.2) is 0 Å². The molecule has 1 aliphatic rings. The molecule has 0 bridgehead atoms. The van der Waals surface area contributed by atoms with E-state index >= 15 is 0 Å². The average Bonchev–Trinajstić information content (AvgIpc) is 2.63. The van der Waals surface area contributed by atoms with Crippen molar-refractivity contribution in [2.75, 3.05) is 6.54 Å². The van der Waals surface area contributed by atoms with Crippen molar-refractivity contribution in [1.82, 2.24) is 5.32 Å². The number of rotatable bonds is 3. The van der Waals surface area contributed by atoms with E-state index in [-0.39, 0.29) is 0 Å². The summed E-state index contributed by atoms with van der Waals surface area (Å²) in [5, 5.41) is 3.55. The molecule has 0 aromatic heterocycles. The fraction of sp³-hybridized carbons (Fsp3) is 0.385. The van der Waals surface area contributed by atoms with E-state index in [0.717, 1.165) is 6.54 Å². The Morgan fingerprint density at radius 3 is 3.14 bits per heavy atom. The van der Waals surface area contributed by atoms with E-state index in [2.05, 4.69) is 48.7 Å². The van der Waals surface area contributed by atoms with Crippen molar-refractivity contribution in [3.05, 3.63) is 47.5 Å². The van der Waals surface area contributed by atoms with Crippen molar-refractivity contribution >= 4 is 0 Å². The Morgan fingerprint density at radius 1 is 1.43 bits per heavy atom. The number of fused-ring (bicyclic) bond motifs is 1. The minimum Gasteiger partial charge on any atom is -0.306 e. The molecule has 1 heteroatoms. The summed E-state index contributed by atoms with van der Waals surface area (Å²) in [6, 6.07) is 9.33. The van der Waals surface area contributed by atoms with Gasteiger partial charge in [-0.3, -0.25) is 0 Å². The van der Waals surface area contributed by atoms with Gasteiger partial charge in [-0.2, -0.15) is 0 Å². The first-order valence-corrected chi connectivity index (χ1v) is 5.34. The van der Waals surface area contributed by atoms with E-state index < -0.39 is 0 Å². The molecule has 1 unspecified atom stereocenters. The molecule has 1 nitrogen and oxygen atoms in total. The summed E-state index contributed by atoms with van der Waals surface area (Å²) >= 11 is 0. The van der Waals surface area contributed by atoms with Crippen molar-refractivity contribution in [3.8, 4) is 0 Å². The molecule has 1 N–H and O–H groups in total. The fourth-order valence-electron chi connectivity index (χ4n) is 2.10. The van der Waals surface area contributed by atoms with Crippen LogP contribution >= 0.6 is 0 Å². The predicted molar refractivity (Wildman–Crippen MR) is 60.3 cm³/mol. The van der Waals surface area contributed by atoms with Gasteiger partial charge in [-0.05, 0) is 30.9 Å². The van der Waals surface area contributed by atoms with E-state index in [1.807, 2.05) is 0 Å². The lowest BCUT2D eigenvalue weighted by atomic mass is 10.1. The molecule has 0 heterocycles. The lowest BCUT2D eigenvalue weighted by molar-refractivity contribution is 0.564. The van der Waals surface area contributed by atoms with E-state index in [1.54, 1.807) is 0 Å². The number of aryl methyl sites for hydroxylation is 1. The molecule has 0 radical (unpaired) electrons. The Bertz CT molecular complexity index is 328. The Hall–Kier alpha value is -1.08. The zero-order chi connectivity index (χ0) is 9.80. The SMILES string of the molecule is C/C=C/CNC1CCc2ccccc21. The van der Waals surface area contributed by atoms with Gasteiger partial charge in [0.05, 0.1) is 0 Å². The quantitative estimate of drug-likeness (QED) is 0.717. The van der Waals surface area contributed by atoms with E-state index in [4.69, 9.17) is 0 Å². The van der Waals surface area contributed by atoms with Gasteiger partial charge in [-0.15, -0.1) is 0 Å². The third-order valence-corrected chi connectivity index (χ3v) is 2.85. The van der Waals surface area contributed by atoms with E-state index in [1.165, 1.54) is 24.0 Å². The number of hydrogen-bond donors (Lipinski definition) is 1. The van der Waals surface area contributed by atoms with Crippen LogP contribution < -0.4 is 5.32 Å². The molecule has 1 aromatic carbocycles. The molecular weight excluding hydrogens is 170 g/mol. The van der Waals surface area contributed by atoms with E-state index in [9.17, 15) is 0 Å². The van der Waals surface area contributed by atoms with Crippen LogP contribution in [-0.4, -0.2) is 6.54 Å². The second kappa shape index (κ2) is 4.43. The minimum atomic E-state index is 0.572. The summed E-state index contributed by atoms with van der Waals surface area (Å²) in [7, 11) is 0.